The zero-order chi connectivity index (χ0) is 15.9. The molecule has 0 amide bonds. The first-order valence-corrected chi connectivity index (χ1v) is 8.46. The average Bonchev–Trinajstić information content (AvgIpc) is 2.63. The van der Waals surface area contributed by atoms with Gasteiger partial charge >= 0.3 is 0 Å². The minimum absolute atomic E-state index is 0.195. The SMILES string of the molecule is CCOc1ccccc1CC(c1ccccc1)C1CNCCO1. The molecular formula is C20H25NO2. The van der Waals surface area contributed by atoms with E-state index in [1.807, 2.05) is 13.0 Å². The van der Waals surface area contributed by atoms with E-state index in [-0.39, 0.29) is 6.10 Å². The molecule has 1 heterocycles. The fraction of sp³-hybridized carbons (Fsp3) is 0.400. The first kappa shape index (κ1) is 16.0. The number of hydrogen-bond acceptors (Lipinski definition) is 3. The van der Waals surface area contributed by atoms with Gasteiger partial charge in [-0.3, -0.25) is 0 Å². The van der Waals surface area contributed by atoms with Crippen molar-refractivity contribution >= 4 is 0 Å². The monoisotopic (exact) mass is 311 g/mol. The van der Waals surface area contributed by atoms with Gasteiger partial charge in [-0.25, -0.2) is 0 Å². The predicted octanol–water partition coefficient (Wildman–Crippen LogP) is 3.40. The maximum atomic E-state index is 6.06. The quantitative estimate of drug-likeness (QED) is 0.887. The van der Waals surface area contributed by atoms with Crippen molar-refractivity contribution in [2.24, 2.45) is 0 Å². The van der Waals surface area contributed by atoms with Gasteiger partial charge in [0.2, 0.25) is 0 Å². The van der Waals surface area contributed by atoms with E-state index in [2.05, 4.69) is 53.8 Å². The van der Waals surface area contributed by atoms with E-state index in [4.69, 9.17) is 9.47 Å². The summed E-state index contributed by atoms with van der Waals surface area (Å²) in [6.07, 6.45) is 1.12. The average molecular weight is 311 g/mol. The summed E-state index contributed by atoms with van der Waals surface area (Å²) in [6, 6.07) is 19.0. The second-order valence-corrected chi connectivity index (χ2v) is 5.88. The third-order valence-electron chi connectivity index (χ3n) is 4.35. The van der Waals surface area contributed by atoms with Crippen LogP contribution in [0.3, 0.4) is 0 Å². The molecule has 1 aliphatic rings. The van der Waals surface area contributed by atoms with Gasteiger partial charge in [0, 0.05) is 19.0 Å². The molecule has 0 aromatic heterocycles. The summed E-state index contributed by atoms with van der Waals surface area (Å²) in [5.74, 6) is 1.31. The summed E-state index contributed by atoms with van der Waals surface area (Å²) in [5.41, 5.74) is 2.57. The highest BCUT2D eigenvalue weighted by Gasteiger charge is 2.27. The summed E-state index contributed by atoms with van der Waals surface area (Å²) in [7, 11) is 0. The third-order valence-corrected chi connectivity index (χ3v) is 4.35. The van der Waals surface area contributed by atoms with Crippen LogP contribution >= 0.6 is 0 Å². The molecule has 122 valence electrons. The lowest BCUT2D eigenvalue weighted by Gasteiger charge is -2.32. The molecule has 1 fully saturated rings. The van der Waals surface area contributed by atoms with Gasteiger partial charge in [-0.1, -0.05) is 48.5 Å². The smallest absolute Gasteiger partial charge is 0.122 e. The third kappa shape index (κ3) is 4.12. The van der Waals surface area contributed by atoms with Crippen LogP contribution in [-0.4, -0.2) is 32.4 Å². The Morgan fingerprint density at radius 2 is 1.91 bits per heavy atom. The van der Waals surface area contributed by atoms with Crippen LogP contribution in [0.15, 0.2) is 54.6 Å². The normalized spacial score (nSPS) is 19.3. The van der Waals surface area contributed by atoms with Crippen LogP contribution in [0.1, 0.15) is 24.0 Å². The van der Waals surface area contributed by atoms with Crippen molar-refractivity contribution in [3.05, 3.63) is 65.7 Å². The fourth-order valence-corrected chi connectivity index (χ4v) is 3.21. The minimum atomic E-state index is 0.195. The van der Waals surface area contributed by atoms with Crippen LogP contribution in [0.25, 0.3) is 0 Å². The zero-order valence-corrected chi connectivity index (χ0v) is 13.7. The van der Waals surface area contributed by atoms with E-state index in [0.717, 1.165) is 31.9 Å². The van der Waals surface area contributed by atoms with Crippen molar-refractivity contribution in [2.45, 2.75) is 25.4 Å². The Kier molecular flexibility index (Phi) is 5.67. The molecule has 0 spiro atoms. The van der Waals surface area contributed by atoms with Gasteiger partial charge in [-0.05, 0) is 30.5 Å². The predicted molar refractivity (Wildman–Crippen MR) is 93.1 cm³/mol. The highest BCUT2D eigenvalue weighted by Crippen LogP contribution is 2.30. The van der Waals surface area contributed by atoms with E-state index in [0.29, 0.717) is 12.5 Å². The largest absolute Gasteiger partial charge is 0.494 e. The fourth-order valence-electron chi connectivity index (χ4n) is 3.21. The molecule has 2 aromatic carbocycles. The maximum Gasteiger partial charge on any atom is 0.122 e. The number of hydrogen-bond donors (Lipinski definition) is 1. The number of nitrogens with one attached hydrogen (secondary N) is 1. The van der Waals surface area contributed by atoms with E-state index in [9.17, 15) is 0 Å². The van der Waals surface area contributed by atoms with Crippen LogP contribution in [0.5, 0.6) is 5.75 Å². The van der Waals surface area contributed by atoms with Crippen molar-refractivity contribution in [1.82, 2.24) is 5.32 Å². The molecule has 0 aliphatic carbocycles. The Morgan fingerprint density at radius 1 is 1.13 bits per heavy atom. The van der Waals surface area contributed by atoms with Crippen molar-refractivity contribution in [3.63, 3.8) is 0 Å². The molecule has 23 heavy (non-hydrogen) atoms. The molecule has 3 heteroatoms. The first-order chi connectivity index (χ1) is 11.4. The Balaban J connectivity index is 1.86. The number of ether oxygens (including phenoxy) is 2. The molecule has 3 rings (SSSR count). The standard InChI is InChI=1S/C20H25NO2/c1-2-22-19-11-7-6-10-17(19)14-18(16-8-4-3-5-9-16)20-15-21-12-13-23-20/h3-11,18,20-21H,2,12-15H2,1H3. The van der Waals surface area contributed by atoms with Crippen LogP contribution < -0.4 is 10.1 Å². The number of morpholine rings is 1. The van der Waals surface area contributed by atoms with Gasteiger partial charge in [0.25, 0.3) is 0 Å². The lowest BCUT2D eigenvalue weighted by atomic mass is 9.86. The van der Waals surface area contributed by atoms with Gasteiger partial charge in [0.1, 0.15) is 5.75 Å². The van der Waals surface area contributed by atoms with E-state index in [1.165, 1.54) is 11.1 Å². The Morgan fingerprint density at radius 3 is 2.65 bits per heavy atom. The summed E-state index contributed by atoms with van der Waals surface area (Å²) in [4.78, 5) is 0. The van der Waals surface area contributed by atoms with E-state index >= 15 is 0 Å². The summed E-state index contributed by atoms with van der Waals surface area (Å²) >= 11 is 0. The molecular weight excluding hydrogens is 286 g/mol. The highest BCUT2D eigenvalue weighted by atomic mass is 16.5. The highest BCUT2D eigenvalue weighted by molar-refractivity contribution is 5.36. The van der Waals surface area contributed by atoms with E-state index < -0.39 is 0 Å². The Labute approximate surface area is 138 Å². The lowest BCUT2D eigenvalue weighted by Crippen LogP contribution is -2.42. The van der Waals surface area contributed by atoms with Crippen molar-refractivity contribution in [2.75, 3.05) is 26.3 Å². The van der Waals surface area contributed by atoms with Gasteiger partial charge in [0.15, 0.2) is 0 Å². The van der Waals surface area contributed by atoms with Crippen LogP contribution in [-0.2, 0) is 11.2 Å². The maximum absolute atomic E-state index is 6.06. The van der Waals surface area contributed by atoms with Gasteiger partial charge in [-0.15, -0.1) is 0 Å². The summed E-state index contributed by atoms with van der Waals surface area (Å²) < 4.78 is 11.9. The van der Waals surface area contributed by atoms with Gasteiger partial charge in [-0.2, -0.15) is 0 Å². The van der Waals surface area contributed by atoms with Crippen molar-refractivity contribution in [1.29, 1.82) is 0 Å². The van der Waals surface area contributed by atoms with Gasteiger partial charge in [0.05, 0.1) is 19.3 Å². The lowest BCUT2D eigenvalue weighted by molar-refractivity contribution is 0.0109. The molecule has 1 aliphatic heterocycles. The molecule has 2 aromatic rings. The number of para-hydroxylation sites is 1. The molecule has 0 radical (unpaired) electrons. The molecule has 0 bridgehead atoms. The molecule has 1 saturated heterocycles. The van der Waals surface area contributed by atoms with Crippen LogP contribution in [0, 0.1) is 0 Å². The molecule has 2 unspecified atom stereocenters. The molecule has 1 N–H and O–H groups in total. The number of rotatable bonds is 6. The second-order valence-electron chi connectivity index (χ2n) is 5.88. The Hall–Kier alpha value is -1.84. The minimum Gasteiger partial charge on any atom is -0.494 e. The topological polar surface area (TPSA) is 30.5 Å². The van der Waals surface area contributed by atoms with E-state index in [1.54, 1.807) is 0 Å². The summed E-state index contributed by atoms with van der Waals surface area (Å²) in [6.45, 7) is 5.33. The van der Waals surface area contributed by atoms with Gasteiger partial charge < -0.3 is 14.8 Å². The molecule has 0 saturated carbocycles. The van der Waals surface area contributed by atoms with Crippen LogP contribution in [0.2, 0.25) is 0 Å². The Bertz CT molecular complexity index is 594. The molecule has 3 nitrogen and oxygen atoms in total. The number of benzene rings is 2. The zero-order valence-electron chi connectivity index (χ0n) is 13.7. The molecule has 2 atom stereocenters. The van der Waals surface area contributed by atoms with Crippen molar-refractivity contribution < 1.29 is 9.47 Å². The van der Waals surface area contributed by atoms with Crippen molar-refractivity contribution in [3.8, 4) is 5.75 Å². The first-order valence-electron chi connectivity index (χ1n) is 8.46. The van der Waals surface area contributed by atoms with Crippen LogP contribution in [0.4, 0.5) is 0 Å². The summed E-state index contributed by atoms with van der Waals surface area (Å²) in [5, 5.41) is 3.45. The second kappa shape index (κ2) is 8.14.